The number of fused-ring (bicyclic) bond motifs is 3. The number of hydrogen-bond acceptors (Lipinski definition) is 5. The van der Waals surface area contributed by atoms with Gasteiger partial charge in [-0.1, -0.05) is 54.1 Å². The van der Waals surface area contributed by atoms with Crippen molar-refractivity contribution in [2.24, 2.45) is 0 Å². The van der Waals surface area contributed by atoms with Gasteiger partial charge in [-0.05, 0) is 49.1 Å². The molecule has 1 atom stereocenters. The Balaban J connectivity index is 1.27. The van der Waals surface area contributed by atoms with Crippen LogP contribution in [0.3, 0.4) is 0 Å². The first kappa shape index (κ1) is 23.5. The number of hydrogen-bond donors (Lipinski definition) is 2. The Bertz CT molecular complexity index is 1330. The van der Waals surface area contributed by atoms with Gasteiger partial charge in [0, 0.05) is 35.4 Å². The van der Waals surface area contributed by atoms with Crippen molar-refractivity contribution in [1.29, 1.82) is 0 Å². The molecule has 35 heavy (non-hydrogen) atoms. The maximum absolute atomic E-state index is 12.8. The second-order valence-electron chi connectivity index (χ2n) is 8.98. The molecule has 0 spiro atoms. The lowest BCUT2D eigenvalue weighted by Crippen LogP contribution is -2.29. The third-order valence-electron chi connectivity index (χ3n) is 6.64. The van der Waals surface area contributed by atoms with E-state index in [0.717, 1.165) is 35.5 Å². The normalized spacial score (nSPS) is 14.0. The number of carbonyl (C=O) groups excluding carboxylic acids is 1. The topological polar surface area (TPSA) is 77.5 Å². The van der Waals surface area contributed by atoms with Gasteiger partial charge in [-0.2, -0.15) is 0 Å². The molecule has 0 fully saturated rings. The van der Waals surface area contributed by atoms with Crippen molar-refractivity contribution in [2.45, 2.75) is 38.1 Å². The Labute approximate surface area is 210 Å². The SMILES string of the molecule is Nc1cc(C(=O)CNC(CCOc2cccc3c4c(oc23)CCCC4)c2ccccc2)ccc1Cl. The number of nitrogen functional groups attached to an aromatic ring is 1. The highest BCUT2D eigenvalue weighted by Gasteiger charge is 2.20. The lowest BCUT2D eigenvalue weighted by Gasteiger charge is -2.19. The van der Waals surface area contributed by atoms with Gasteiger partial charge in [-0.15, -0.1) is 0 Å². The number of benzene rings is 3. The number of carbonyl (C=O) groups is 1. The highest BCUT2D eigenvalue weighted by molar-refractivity contribution is 6.33. The number of aryl methyl sites for hydroxylation is 2. The predicted octanol–water partition coefficient (Wildman–Crippen LogP) is 6.53. The van der Waals surface area contributed by atoms with E-state index in [1.165, 1.54) is 23.8 Å². The first-order chi connectivity index (χ1) is 17.1. The fourth-order valence-electron chi connectivity index (χ4n) is 4.76. The molecule has 6 heteroatoms. The third kappa shape index (κ3) is 5.21. The molecule has 4 aromatic rings. The maximum Gasteiger partial charge on any atom is 0.176 e. The molecule has 0 radical (unpaired) electrons. The zero-order valence-corrected chi connectivity index (χ0v) is 20.3. The van der Waals surface area contributed by atoms with Crippen molar-refractivity contribution in [1.82, 2.24) is 5.32 Å². The number of furan rings is 1. The minimum Gasteiger partial charge on any atom is -0.490 e. The molecular weight excluding hydrogens is 460 g/mol. The van der Waals surface area contributed by atoms with Crippen molar-refractivity contribution in [3.05, 3.63) is 94.2 Å². The maximum atomic E-state index is 12.8. The summed E-state index contributed by atoms with van der Waals surface area (Å²) in [6.45, 7) is 0.667. The molecule has 3 N–H and O–H groups in total. The Morgan fingerprint density at radius 3 is 2.71 bits per heavy atom. The van der Waals surface area contributed by atoms with Crippen molar-refractivity contribution >= 4 is 34.0 Å². The van der Waals surface area contributed by atoms with Crippen LogP contribution in [0.25, 0.3) is 11.0 Å². The van der Waals surface area contributed by atoms with Gasteiger partial charge in [-0.3, -0.25) is 4.79 Å². The molecule has 1 aliphatic rings. The smallest absolute Gasteiger partial charge is 0.176 e. The molecule has 0 amide bonds. The van der Waals surface area contributed by atoms with E-state index in [-0.39, 0.29) is 18.4 Å². The number of ketones is 1. The van der Waals surface area contributed by atoms with E-state index in [1.54, 1.807) is 18.2 Å². The van der Waals surface area contributed by atoms with Gasteiger partial charge in [0.1, 0.15) is 5.76 Å². The summed E-state index contributed by atoms with van der Waals surface area (Å²) in [7, 11) is 0. The van der Waals surface area contributed by atoms with Crippen LogP contribution >= 0.6 is 11.6 Å². The molecule has 5 rings (SSSR count). The van der Waals surface area contributed by atoms with Gasteiger partial charge in [-0.25, -0.2) is 0 Å². The van der Waals surface area contributed by atoms with Crippen LogP contribution in [0.5, 0.6) is 5.75 Å². The molecule has 0 aliphatic heterocycles. The summed E-state index contributed by atoms with van der Waals surface area (Å²) >= 11 is 5.99. The van der Waals surface area contributed by atoms with Crippen LogP contribution < -0.4 is 15.8 Å². The summed E-state index contributed by atoms with van der Waals surface area (Å²) in [6.07, 6.45) is 5.14. The number of halogens is 1. The van der Waals surface area contributed by atoms with Crippen LogP contribution in [0.15, 0.2) is 71.1 Å². The Morgan fingerprint density at radius 1 is 1.06 bits per heavy atom. The fourth-order valence-corrected chi connectivity index (χ4v) is 4.88. The minimum atomic E-state index is -0.0474. The monoisotopic (exact) mass is 488 g/mol. The lowest BCUT2D eigenvalue weighted by molar-refractivity contribution is 0.0985. The zero-order chi connectivity index (χ0) is 24.2. The number of anilines is 1. The van der Waals surface area contributed by atoms with Gasteiger partial charge in [0.05, 0.1) is 23.9 Å². The van der Waals surface area contributed by atoms with E-state index >= 15 is 0 Å². The summed E-state index contributed by atoms with van der Waals surface area (Å²) < 4.78 is 12.4. The lowest BCUT2D eigenvalue weighted by atomic mass is 9.96. The van der Waals surface area contributed by atoms with Gasteiger partial charge < -0.3 is 20.2 Å². The molecule has 3 aromatic carbocycles. The Hall–Kier alpha value is -3.28. The third-order valence-corrected chi connectivity index (χ3v) is 6.98. The number of rotatable bonds is 9. The molecule has 5 nitrogen and oxygen atoms in total. The number of ether oxygens (including phenoxy) is 1. The van der Waals surface area contributed by atoms with E-state index < -0.39 is 0 Å². The van der Waals surface area contributed by atoms with Gasteiger partial charge in [0.15, 0.2) is 17.1 Å². The van der Waals surface area contributed by atoms with Crippen LogP contribution in [0.2, 0.25) is 5.02 Å². The van der Waals surface area contributed by atoms with Gasteiger partial charge in [0.25, 0.3) is 0 Å². The Kier molecular flexibility index (Phi) is 7.07. The van der Waals surface area contributed by atoms with Gasteiger partial charge >= 0.3 is 0 Å². The second kappa shape index (κ2) is 10.5. The number of nitrogens with one attached hydrogen (secondary N) is 1. The first-order valence-electron chi connectivity index (χ1n) is 12.1. The molecule has 180 valence electrons. The highest BCUT2D eigenvalue weighted by Crippen LogP contribution is 2.36. The van der Waals surface area contributed by atoms with Crippen LogP contribution in [-0.2, 0) is 12.8 Å². The van der Waals surface area contributed by atoms with Crippen molar-refractivity contribution in [2.75, 3.05) is 18.9 Å². The van der Waals surface area contributed by atoms with Crippen LogP contribution in [0.1, 0.15) is 52.5 Å². The summed E-state index contributed by atoms with van der Waals surface area (Å²) in [5.41, 5.74) is 10.1. The molecule has 0 saturated heterocycles. The summed E-state index contributed by atoms with van der Waals surface area (Å²) in [5, 5.41) is 5.02. The van der Waals surface area contributed by atoms with Crippen molar-refractivity contribution < 1.29 is 13.9 Å². The van der Waals surface area contributed by atoms with Crippen molar-refractivity contribution in [3.63, 3.8) is 0 Å². The van der Waals surface area contributed by atoms with Crippen LogP contribution in [-0.4, -0.2) is 18.9 Å². The average molecular weight is 489 g/mol. The minimum absolute atomic E-state index is 0.0406. The summed E-state index contributed by atoms with van der Waals surface area (Å²) in [4.78, 5) is 12.8. The molecule has 1 heterocycles. The molecule has 1 unspecified atom stereocenters. The fraction of sp³-hybridized carbons (Fsp3) is 0.276. The van der Waals surface area contributed by atoms with Gasteiger partial charge in [0.2, 0.25) is 0 Å². The van der Waals surface area contributed by atoms with E-state index in [9.17, 15) is 4.79 Å². The van der Waals surface area contributed by atoms with Crippen LogP contribution in [0, 0.1) is 0 Å². The highest BCUT2D eigenvalue weighted by atomic mass is 35.5. The molecule has 0 bridgehead atoms. The Morgan fingerprint density at radius 2 is 1.89 bits per heavy atom. The van der Waals surface area contributed by atoms with Crippen LogP contribution in [0.4, 0.5) is 5.69 Å². The second-order valence-corrected chi connectivity index (χ2v) is 9.39. The quantitative estimate of drug-likeness (QED) is 0.207. The zero-order valence-electron chi connectivity index (χ0n) is 19.6. The molecule has 0 saturated carbocycles. The van der Waals surface area contributed by atoms with E-state index in [0.29, 0.717) is 29.3 Å². The van der Waals surface area contributed by atoms with Crippen molar-refractivity contribution in [3.8, 4) is 5.75 Å². The number of para-hydroxylation sites is 1. The molecule has 1 aliphatic carbocycles. The van der Waals surface area contributed by atoms with E-state index in [1.807, 2.05) is 30.3 Å². The summed E-state index contributed by atoms with van der Waals surface area (Å²) in [5.74, 6) is 1.84. The van der Waals surface area contributed by atoms with E-state index in [4.69, 9.17) is 26.5 Å². The largest absolute Gasteiger partial charge is 0.490 e. The standard InChI is InChI=1S/C29H29ClN2O3/c30-23-14-13-20(17-24(23)31)26(33)18-32-25(19-7-2-1-3-8-19)15-16-34-28-12-6-10-22-21-9-4-5-11-27(21)35-29(22)28/h1-3,6-8,10,12-14,17,25,32H,4-5,9,11,15-16,18,31H2. The first-order valence-corrected chi connectivity index (χ1v) is 12.5. The number of Topliss-reactive ketones (excluding diaryl/α,β-unsaturated/α-hetero) is 1. The molecular formula is C29H29ClN2O3. The van der Waals surface area contributed by atoms with E-state index in [2.05, 4.69) is 23.5 Å². The average Bonchev–Trinajstić information content (AvgIpc) is 3.27. The molecule has 1 aromatic heterocycles. The predicted molar refractivity (Wildman–Crippen MR) is 140 cm³/mol. The number of nitrogens with two attached hydrogens (primary N) is 1. The summed E-state index contributed by atoms with van der Waals surface area (Å²) in [6, 6.07) is 21.2.